The number of rotatable bonds is 8. The summed E-state index contributed by atoms with van der Waals surface area (Å²) in [5, 5.41) is 14.1. The lowest BCUT2D eigenvalue weighted by atomic mass is 9.96. The smallest absolute Gasteiger partial charge is 0.223 e. The van der Waals surface area contributed by atoms with Gasteiger partial charge in [0.25, 0.3) is 0 Å². The van der Waals surface area contributed by atoms with Gasteiger partial charge in [0, 0.05) is 34.2 Å². The van der Waals surface area contributed by atoms with Crippen molar-refractivity contribution in [1.82, 2.24) is 20.2 Å². The van der Waals surface area contributed by atoms with E-state index in [1.807, 2.05) is 36.5 Å². The average Bonchev–Trinajstić information content (AvgIpc) is 2.92. The minimum Gasteiger partial charge on any atom is -0.494 e. The quantitative estimate of drug-likeness (QED) is 0.236. The molecule has 0 saturated heterocycles. The Hall–Kier alpha value is -3.10. The molecular weight excluding hydrogens is 492 g/mol. The van der Waals surface area contributed by atoms with Gasteiger partial charge in [0.2, 0.25) is 5.95 Å². The summed E-state index contributed by atoms with van der Waals surface area (Å²) in [5.74, 6) is 1.92. The zero-order valence-corrected chi connectivity index (χ0v) is 22.0. The number of hydrogen-bond acceptors (Lipinski definition) is 8. The summed E-state index contributed by atoms with van der Waals surface area (Å²) in [6.07, 6.45) is 8.96. The molecule has 0 radical (unpaired) electrons. The Balaban J connectivity index is 1.41. The number of nitrogens with one attached hydrogen (secondary N) is 2. The molecule has 0 spiro atoms. The molecule has 5 rings (SSSR count). The van der Waals surface area contributed by atoms with Crippen LogP contribution >= 0.6 is 23.5 Å². The van der Waals surface area contributed by atoms with Gasteiger partial charge in [0.1, 0.15) is 5.69 Å². The van der Waals surface area contributed by atoms with Crippen molar-refractivity contribution in [2.75, 3.05) is 17.1 Å². The van der Waals surface area contributed by atoms with E-state index in [0.717, 1.165) is 33.3 Å². The maximum Gasteiger partial charge on any atom is 0.223 e. The van der Waals surface area contributed by atoms with Crippen molar-refractivity contribution in [3.8, 4) is 17.0 Å². The largest absolute Gasteiger partial charge is 0.494 e. The van der Waals surface area contributed by atoms with Gasteiger partial charge >= 0.3 is 0 Å². The molecule has 9 heteroatoms. The second-order valence-corrected chi connectivity index (χ2v) is 10.1. The van der Waals surface area contributed by atoms with E-state index in [1.165, 1.54) is 44.1 Å². The summed E-state index contributed by atoms with van der Waals surface area (Å²) in [6.45, 7) is 2.14. The fourth-order valence-electron chi connectivity index (χ4n) is 4.54. The van der Waals surface area contributed by atoms with Crippen molar-refractivity contribution < 1.29 is 4.74 Å². The molecule has 0 bridgehead atoms. The van der Waals surface area contributed by atoms with Crippen molar-refractivity contribution >= 4 is 46.2 Å². The molecule has 2 aromatic carbocycles. The van der Waals surface area contributed by atoms with Crippen LogP contribution in [-0.2, 0) is 6.42 Å². The van der Waals surface area contributed by atoms with Gasteiger partial charge in [-0.1, -0.05) is 49.9 Å². The van der Waals surface area contributed by atoms with Gasteiger partial charge in [0.15, 0.2) is 11.6 Å². The molecule has 2 N–H and O–H groups in total. The van der Waals surface area contributed by atoms with Crippen molar-refractivity contribution in [3.05, 3.63) is 59.2 Å². The lowest BCUT2D eigenvalue weighted by molar-refractivity contribution is 0.414. The van der Waals surface area contributed by atoms with Gasteiger partial charge in [-0.05, 0) is 61.0 Å². The first kappa shape index (κ1) is 24.6. The van der Waals surface area contributed by atoms with Gasteiger partial charge in [-0.25, -0.2) is 9.97 Å². The molecule has 0 amide bonds. The van der Waals surface area contributed by atoms with Crippen molar-refractivity contribution in [2.45, 2.75) is 56.4 Å². The van der Waals surface area contributed by atoms with Crippen LogP contribution in [0.3, 0.4) is 0 Å². The first-order valence-electron chi connectivity index (χ1n) is 12.3. The monoisotopic (exact) mass is 520 g/mol. The highest BCUT2D eigenvalue weighted by atomic mass is 35.5. The third kappa shape index (κ3) is 5.50. The van der Waals surface area contributed by atoms with E-state index in [2.05, 4.69) is 44.3 Å². The molecule has 186 valence electrons. The minimum absolute atomic E-state index is 0.461. The number of methoxy groups -OCH3 is 1. The Morgan fingerprint density at radius 2 is 1.92 bits per heavy atom. The molecule has 4 aromatic rings. The molecule has 1 aliphatic rings. The highest BCUT2D eigenvalue weighted by molar-refractivity contribution is 8.00. The fraction of sp³-hybridized carbons (Fsp3) is 0.333. The minimum atomic E-state index is 0.461. The molecule has 0 unspecified atom stereocenters. The third-order valence-corrected chi connectivity index (χ3v) is 7.76. The van der Waals surface area contributed by atoms with E-state index in [4.69, 9.17) is 21.3 Å². The fourth-order valence-corrected chi connectivity index (χ4v) is 5.42. The number of benzene rings is 2. The maximum atomic E-state index is 6.25. The predicted octanol–water partition coefficient (Wildman–Crippen LogP) is 7.18. The predicted molar refractivity (Wildman–Crippen MR) is 148 cm³/mol. The lowest BCUT2D eigenvalue weighted by Gasteiger charge is -2.22. The molecule has 1 saturated carbocycles. The topological polar surface area (TPSA) is 84.9 Å². The summed E-state index contributed by atoms with van der Waals surface area (Å²) in [5.41, 5.74) is 3.70. The number of anilines is 2. The van der Waals surface area contributed by atoms with Crippen LogP contribution in [0.4, 0.5) is 11.8 Å². The number of halogens is 1. The van der Waals surface area contributed by atoms with Crippen molar-refractivity contribution in [1.29, 1.82) is 0 Å². The highest BCUT2D eigenvalue weighted by Crippen LogP contribution is 2.34. The summed E-state index contributed by atoms with van der Waals surface area (Å²) in [4.78, 5) is 10.4. The standard InChI is InChI=1S/C27H29ClN6OS/c1-3-17-13-18(14-19-16-29-27(31-25(17)19)30-20-9-5-4-6-10-20)26-22(35-2)15-24(32-33-26)34-36-23-12-8-7-11-21(23)28/h7-8,11-16,20H,3-6,9-10H2,1-2H3,(H,32,34)(H,29,30,31). The van der Waals surface area contributed by atoms with Gasteiger partial charge in [-0.2, -0.15) is 0 Å². The molecule has 0 aliphatic heterocycles. The van der Waals surface area contributed by atoms with Crippen LogP contribution in [0.5, 0.6) is 5.75 Å². The SMILES string of the molecule is CCc1cc(-c2nnc(NSc3ccccc3Cl)cc2OC)cc2cnc(NC3CCCCC3)nc12. The summed E-state index contributed by atoms with van der Waals surface area (Å²) < 4.78 is 8.88. The average molecular weight is 521 g/mol. The molecule has 2 aromatic heterocycles. The van der Waals surface area contributed by atoms with Crippen LogP contribution in [0, 0.1) is 0 Å². The maximum absolute atomic E-state index is 6.25. The number of aromatic nitrogens is 4. The van der Waals surface area contributed by atoms with Gasteiger partial charge < -0.3 is 14.8 Å². The van der Waals surface area contributed by atoms with E-state index < -0.39 is 0 Å². The number of aryl methyl sites for hydroxylation is 1. The zero-order chi connectivity index (χ0) is 24.9. The normalized spacial score (nSPS) is 14.1. The van der Waals surface area contributed by atoms with E-state index in [9.17, 15) is 0 Å². The molecular formula is C27H29ClN6OS. The molecule has 36 heavy (non-hydrogen) atoms. The van der Waals surface area contributed by atoms with Crippen molar-refractivity contribution in [3.63, 3.8) is 0 Å². The second kappa shape index (κ2) is 11.3. The Kier molecular flexibility index (Phi) is 7.72. The molecule has 7 nitrogen and oxygen atoms in total. The molecule has 0 atom stereocenters. The summed E-state index contributed by atoms with van der Waals surface area (Å²) in [7, 11) is 1.64. The Morgan fingerprint density at radius 3 is 2.69 bits per heavy atom. The Bertz CT molecular complexity index is 1360. The van der Waals surface area contributed by atoms with Gasteiger partial charge in [-0.3, -0.25) is 0 Å². The number of ether oxygens (including phenoxy) is 1. The number of fused-ring (bicyclic) bond motifs is 1. The van der Waals surface area contributed by atoms with Crippen molar-refractivity contribution in [2.24, 2.45) is 0 Å². The van der Waals surface area contributed by atoms with Crippen LogP contribution in [0.2, 0.25) is 5.02 Å². The molecule has 1 aliphatic carbocycles. The Morgan fingerprint density at radius 1 is 1.08 bits per heavy atom. The van der Waals surface area contributed by atoms with Crippen LogP contribution in [0.1, 0.15) is 44.6 Å². The van der Waals surface area contributed by atoms with Gasteiger partial charge in [0.05, 0.1) is 17.6 Å². The molecule has 2 heterocycles. The van der Waals surface area contributed by atoms with E-state index >= 15 is 0 Å². The van der Waals surface area contributed by atoms with E-state index in [0.29, 0.717) is 34.3 Å². The Labute approximate surface area is 220 Å². The molecule has 1 fully saturated rings. The van der Waals surface area contributed by atoms with E-state index in [-0.39, 0.29) is 0 Å². The second-order valence-electron chi connectivity index (χ2n) is 8.88. The first-order chi connectivity index (χ1) is 17.6. The first-order valence-corrected chi connectivity index (χ1v) is 13.5. The van der Waals surface area contributed by atoms with Gasteiger partial charge in [-0.15, -0.1) is 10.2 Å². The summed E-state index contributed by atoms with van der Waals surface area (Å²) in [6, 6.07) is 14.1. The van der Waals surface area contributed by atoms with Crippen LogP contribution in [0.25, 0.3) is 22.2 Å². The van der Waals surface area contributed by atoms with Crippen LogP contribution in [-0.4, -0.2) is 33.3 Å². The third-order valence-electron chi connectivity index (χ3n) is 6.44. The highest BCUT2D eigenvalue weighted by Gasteiger charge is 2.17. The zero-order valence-electron chi connectivity index (χ0n) is 20.4. The van der Waals surface area contributed by atoms with E-state index in [1.54, 1.807) is 7.11 Å². The number of nitrogens with zero attached hydrogens (tertiary/aromatic N) is 4. The lowest BCUT2D eigenvalue weighted by Crippen LogP contribution is -2.23. The van der Waals surface area contributed by atoms with Crippen LogP contribution < -0.4 is 14.8 Å². The summed E-state index contributed by atoms with van der Waals surface area (Å²) >= 11 is 7.63. The van der Waals surface area contributed by atoms with Crippen LogP contribution in [0.15, 0.2) is 53.6 Å². The number of hydrogen-bond donors (Lipinski definition) is 2.